The lowest BCUT2D eigenvalue weighted by molar-refractivity contribution is -0.206. The number of esters is 2. The number of ether oxygens (including phenoxy) is 3. The number of carbonyl (C=O) groups is 2. The Kier molecular flexibility index (Phi) is 13.0. The number of aromatic nitrogens is 2. The number of benzene rings is 2. The molecule has 232 valence electrons. The molecule has 3 aromatic rings. The SMILES string of the molecule is CCCCCCOc1cnc(-c2ccc(C(=O)Oc3ccc(C(=O)O[C@H](CCCCCC)C(F)(F)F)c(C)c3)cc2)nc1. The number of unbranched alkanes of at least 4 members (excludes halogenated alkanes) is 6. The molecule has 3 rings (SSSR count). The van der Waals surface area contributed by atoms with Gasteiger partial charge in [0.05, 0.1) is 30.1 Å². The Labute approximate surface area is 250 Å². The van der Waals surface area contributed by atoms with E-state index in [0.29, 0.717) is 42.1 Å². The first-order valence-electron chi connectivity index (χ1n) is 14.8. The van der Waals surface area contributed by atoms with Gasteiger partial charge < -0.3 is 14.2 Å². The van der Waals surface area contributed by atoms with E-state index in [1.807, 2.05) is 6.92 Å². The molecule has 1 atom stereocenters. The molecule has 7 nitrogen and oxygen atoms in total. The molecule has 0 N–H and O–H groups in total. The number of aryl methyl sites for hydroxylation is 1. The van der Waals surface area contributed by atoms with Crippen molar-refractivity contribution in [2.75, 3.05) is 6.61 Å². The number of alkyl halides is 3. The number of hydrogen-bond donors (Lipinski definition) is 0. The van der Waals surface area contributed by atoms with Crippen molar-refractivity contribution in [1.82, 2.24) is 9.97 Å². The highest BCUT2D eigenvalue weighted by atomic mass is 19.4. The van der Waals surface area contributed by atoms with E-state index in [-0.39, 0.29) is 23.3 Å². The summed E-state index contributed by atoms with van der Waals surface area (Å²) in [5.41, 5.74) is 1.27. The normalized spacial score (nSPS) is 12.0. The summed E-state index contributed by atoms with van der Waals surface area (Å²) in [6.07, 6.45) is 3.21. The zero-order chi connectivity index (χ0) is 31.2. The van der Waals surface area contributed by atoms with E-state index in [0.717, 1.165) is 32.1 Å². The Hall–Kier alpha value is -3.95. The van der Waals surface area contributed by atoms with Gasteiger partial charge in [0.2, 0.25) is 0 Å². The van der Waals surface area contributed by atoms with Crippen LogP contribution < -0.4 is 9.47 Å². The van der Waals surface area contributed by atoms with Crippen LogP contribution in [0.15, 0.2) is 54.9 Å². The van der Waals surface area contributed by atoms with Gasteiger partial charge in [0.25, 0.3) is 0 Å². The van der Waals surface area contributed by atoms with E-state index >= 15 is 0 Å². The molecule has 43 heavy (non-hydrogen) atoms. The third-order valence-corrected chi connectivity index (χ3v) is 6.84. The van der Waals surface area contributed by atoms with Crippen molar-refractivity contribution in [2.24, 2.45) is 0 Å². The predicted octanol–water partition coefficient (Wildman–Crippen LogP) is 8.69. The lowest BCUT2D eigenvalue weighted by Crippen LogP contribution is -2.34. The first-order valence-corrected chi connectivity index (χ1v) is 14.8. The minimum atomic E-state index is -4.65. The van der Waals surface area contributed by atoms with Crippen LogP contribution in [0.4, 0.5) is 13.2 Å². The summed E-state index contributed by atoms with van der Waals surface area (Å²) >= 11 is 0. The van der Waals surface area contributed by atoms with E-state index in [9.17, 15) is 22.8 Å². The molecule has 1 aromatic heterocycles. The lowest BCUT2D eigenvalue weighted by atomic mass is 10.1. The van der Waals surface area contributed by atoms with Gasteiger partial charge in [0.15, 0.2) is 17.7 Å². The van der Waals surface area contributed by atoms with Gasteiger partial charge in [-0.05, 0) is 62.1 Å². The summed E-state index contributed by atoms with van der Waals surface area (Å²) < 4.78 is 56.3. The maximum atomic E-state index is 13.4. The predicted molar refractivity (Wildman–Crippen MR) is 157 cm³/mol. The number of halogens is 3. The maximum absolute atomic E-state index is 13.4. The molecule has 0 unspecified atom stereocenters. The van der Waals surface area contributed by atoms with E-state index in [1.165, 1.54) is 31.5 Å². The third kappa shape index (κ3) is 10.7. The molecule has 0 aliphatic heterocycles. The number of nitrogens with zero attached hydrogens (tertiary/aromatic N) is 2. The molecular formula is C33H39F3N2O5. The molecule has 0 bridgehead atoms. The summed E-state index contributed by atoms with van der Waals surface area (Å²) in [7, 11) is 0. The highest BCUT2D eigenvalue weighted by molar-refractivity contribution is 5.93. The standard InChI is InChI=1S/C33H39F3N2O5/c1-4-6-8-10-12-29(33(34,35)36)43-32(40)28-18-17-26(20-23(28)3)42-31(39)25-15-13-24(14-16-25)30-37-21-27(22-38-30)41-19-11-9-7-5-2/h13-18,20-22,29H,4-12,19H2,1-3H3/t29-/m1/s1. The minimum absolute atomic E-state index is 0.0279. The highest BCUT2D eigenvalue weighted by Gasteiger charge is 2.42. The summed E-state index contributed by atoms with van der Waals surface area (Å²) in [5, 5.41) is 0. The number of hydrogen-bond acceptors (Lipinski definition) is 7. The Balaban J connectivity index is 1.57. The summed E-state index contributed by atoms with van der Waals surface area (Å²) in [4.78, 5) is 34.0. The molecule has 1 heterocycles. The highest BCUT2D eigenvalue weighted by Crippen LogP contribution is 2.29. The van der Waals surface area contributed by atoms with Crippen molar-refractivity contribution in [1.29, 1.82) is 0 Å². The van der Waals surface area contributed by atoms with Crippen LogP contribution in [-0.2, 0) is 4.74 Å². The molecule has 0 aliphatic rings. The molecule has 0 aliphatic carbocycles. The summed E-state index contributed by atoms with van der Waals surface area (Å²) in [6.45, 7) is 6.27. The van der Waals surface area contributed by atoms with Crippen LogP contribution in [0.1, 0.15) is 97.9 Å². The fourth-order valence-electron chi connectivity index (χ4n) is 4.35. The zero-order valence-corrected chi connectivity index (χ0v) is 24.9. The Morgan fingerprint density at radius 2 is 1.47 bits per heavy atom. The van der Waals surface area contributed by atoms with E-state index in [1.54, 1.807) is 36.7 Å². The molecular weight excluding hydrogens is 561 g/mol. The van der Waals surface area contributed by atoms with Gasteiger partial charge in [-0.25, -0.2) is 19.6 Å². The fraction of sp³-hybridized carbons (Fsp3) is 0.455. The van der Waals surface area contributed by atoms with Crippen LogP contribution in [-0.4, -0.2) is 40.8 Å². The van der Waals surface area contributed by atoms with Gasteiger partial charge in [0, 0.05) is 5.56 Å². The number of carbonyl (C=O) groups excluding carboxylic acids is 2. The van der Waals surface area contributed by atoms with Crippen LogP contribution in [0.3, 0.4) is 0 Å². The van der Waals surface area contributed by atoms with Crippen molar-refractivity contribution in [3.8, 4) is 22.9 Å². The van der Waals surface area contributed by atoms with E-state index < -0.39 is 24.2 Å². The summed E-state index contributed by atoms with van der Waals surface area (Å²) in [6, 6.07) is 10.6. The second-order valence-electron chi connectivity index (χ2n) is 10.4. The van der Waals surface area contributed by atoms with Crippen LogP contribution in [0, 0.1) is 6.92 Å². The van der Waals surface area contributed by atoms with Crippen molar-refractivity contribution in [3.05, 3.63) is 71.5 Å². The third-order valence-electron chi connectivity index (χ3n) is 6.84. The molecule has 0 saturated carbocycles. The van der Waals surface area contributed by atoms with Gasteiger partial charge >= 0.3 is 18.1 Å². The average molecular weight is 601 g/mol. The molecule has 0 radical (unpaired) electrons. The van der Waals surface area contributed by atoms with Crippen molar-refractivity contribution in [2.45, 2.75) is 90.8 Å². The van der Waals surface area contributed by atoms with Crippen LogP contribution in [0.25, 0.3) is 11.4 Å². The van der Waals surface area contributed by atoms with Gasteiger partial charge in [-0.2, -0.15) is 13.2 Å². The van der Waals surface area contributed by atoms with Crippen LogP contribution in [0.2, 0.25) is 0 Å². The first kappa shape index (κ1) is 33.6. The maximum Gasteiger partial charge on any atom is 0.425 e. The van der Waals surface area contributed by atoms with Gasteiger partial charge in [-0.3, -0.25) is 0 Å². The number of rotatable bonds is 16. The fourth-order valence-corrected chi connectivity index (χ4v) is 4.35. The van der Waals surface area contributed by atoms with Crippen molar-refractivity contribution in [3.63, 3.8) is 0 Å². The minimum Gasteiger partial charge on any atom is -0.490 e. The Bertz CT molecular complexity index is 1310. The molecule has 2 aromatic carbocycles. The van der Waals surface area contributed by atoms with Gasteiger partial charge in [-0.1, -0.05) is 64.5 Å². The van der Waals surface area contributed by atoms with Crippen LogP contribution in [0.5, 0.6) is 11.5 Å². The van der Waals surface area contributed by atoms with Crippen molar-refractivity contribution >= 4 is 11.9 Å². The van der Waals surface area contributed by atoms with Crippen molar-refractivity contribution < 1.29 is 37.0 Å². The smallest absolute Gasteiger partial charge is 0.425 e. The monoisotopic (exact) mass is 600 g/mol. The molecule has 0 fully saturated rings. The zero-order valence-electron chi connectivity index (χ0n) is 24.9. The molecule has 10 heteroatoms. The largest absolute Gasteiger partial charge is 0.490 e. The van der Waals surface area contributed by atoms with E-state index in [2.05, 4.69) is 16.9 Å². The van der Waals surface area contributed by atoms with Crippen LogP contribution >= 0.6 is 0 Å². The topological polar surface area (TPSA) is 87.6 Å². The van der Waals surface area contributed by atoms with Gasteiger partial charge in [-0.15, -0.1) is 0 Å². The summed E-state index contributed by atoms with van der Waals surface area (Å²) in [5.74, 6) is -0.498. The quantitative estimate of drug-likeness (QED) is 0.0923. The second-order valence-corrected chi connectivity index (χ2v) is 10.4. The second kappa shape index (κ2) is 16.6. The molecule has 0 spiro atoms. The lowest BCUT2D eigenvalue weighted by Gasteiger charge is -2.21. The average Bonchev–Trinajstić information content (AvgIpc) is 2.98. The Morgan fingerprint density at radius 3 is 2.07 bits per heavy atom. The first-order chi connectivity index (χ1) is 20.6. The Morgan fingerprint density at radius 1 is 0.814 bits per heavy atom. The molecule has 0 saturated heterocycles. The van der Waals surface area contributed by atoms with E-state index in [4.69, 9.17) is 14.2 Å². The molecule has 0 amide bonds. The van der Waals surface area contributed by atoms with Gasteiger partial charge in [0.1, 0.15) is 5.75 Å².